The molecule has 19 heavy (non-hydrogen) atoms. The maximum atomic E-state index is 10.0. The maximum absolute atomic E-state index is 10.0. The zero-order chi connectivity index (χ0) is 13.8. The largest absolute Gasteiger partial charge is 0.393 e. The lowest BCUT2D eigenvalue weighted by atomic mass is 9.89. The van der Waals surface area contributed by atoms with Crippen molar-refractivity contribution in [2.75, 3.05) is 0 Å². The molecule has 2 aromatic rings. The van der Waals surface area contributed by atoms with Gasteiger partial charge < -0.3 is 5.11 Å². The highest BCUT2D eigenvalue weighted by molar-refractivity contribution is 9.10. The van der Waals surface area contributed by atoms with E-state index < -0.39 is 6.10 Å². The highest BCUT2D eigenvalue weighted by atomic mass is 79.9. The van der Waals surface area contributed by atoms with E-state index in [1.807, 2.05) is 36.4 Å². The summed E-state index contributed by atoms with van der Waals surface area (Å²) in [6, 6.07) is 11.6. The van der Waals surface area contributed by atoms with Gasteiger partial charge in [-0.3, -0.25) is 0 Å². The summed E-state index contributed by atoms with van der Waals surface area (Å²) in [5.41, 5.74) is 2.17. The molecule has 0 aliphatic heterocycles. The third kappa shape index (κ3) is 3.78. The number of aliphatic hydroxyl groups is 1. The minimum absolute atomic E-state index is 0.00394. The molecule has 2 atom stereocenters. The van der Waals surface area contributed by atoms with Gasteiger partial charge in [0.15, 0.2) is 0 Å². The van der Waals surface area contributed by atoms with Gasteiger partial charge in [0.1, 0.15) is 4.60 Å². The molecule has 0 aliphatic rings. The quantitative estimate of drug-likeness (QED) is 0.846. The lowest BCUT2D eigenvalue weighted by Gasteiger charge is -2.21. The van der Waals surface area contributed by atoms with Crippen LogP contribution in [0.2, 0.25) is 5.02 Å². The predicted molar refractivity (Wildman–Crippen MR) is 81.5 cm³/mol. The number of hydrogen-bond donors (Lipinski definition) is 1. The second-order valence-corrected chi connectivity index (χ2v) is 5.75. The Balaban J connectivity index is 2.27. The van der Waals surface area contributed by atoms with Gasteiger partial charge in [-0.05, 0) is 58.6 Å². The number of hydrogen-bond acceptors (Lipinski definition) is 2. The first-order valence-electron chi connectivity index (χ1n) is 6.11. The molecule has 0 saturated carbocycles. The molecule has 2 nitrogen and oxygen atoms in total. The van der Waals surface area contributed by atoms with E-state index in [0.29, 0.717) is 0 Å². The van der Waals surface area contributed by atoms with Crippen molar-refractivity contribution in [3.8, 4) is 0 Å². The van der Waals surface area contributed by atoms with Gasteiger partial charge in [-0.2, -0.15) is 0 Å². The number of rotatable bonds is 4. The van der Waals surface area contributed by atoms with Crippen LogP contribution in [-0.2, 0) is 6.42 Å². The van der Waals surface area contributed by atoms with Crippen LogP contribution in [0.3, 0.4) is 0 Å². The van der Waals surface area contributed by atoms with Gasteiger partial charge in [-0.15, -0.1) is 0 Å². The van der Waals surface area contributed by atoms with Crippen molar-refractivity contribution in [1.29, 1.82) is 0 Å². The van der Waals surface area contributed by atoms with E-state index in [1.54, 1.807) is 13.1 Å². The molecule has 2 rings (SSSR count). The minimum atomic E-state index is -0.448. The zero-order valence-corrected chi connectivity index (χ0v) is 12.9. The zero-order valence-electron chi connectivity index (χ0n) is 10.6. The fourth-order valence-corrected chi connectivity index (χ4v) is 2.76. The average Bonchev–Trinajstić information content (AvgIpc) is 2.39. The van der Waals surface area contributed by atoms with Crippen molar-refractivity contribution >= 4 is 27.5 Å². The van der Waals surface area contributed by atoms with Gasteiger partial charge in [0.25, 0.3) is 0 Å². The Labute approximate surface area is 126 Å². The van der Waals surface area contributed by atoms with Gasteiger partial charge >= 0.3 is 0 Å². The maximum Gasteiger partial charge on any atom is 0.109 e. The van der Waals surface area contributed by atoms with E-state index in [4.69, 9.17) is 11.6 Å². The Morgan fingerprint density at radius 2 is 1.95 bits per heavy atom. The van der Waals surface area contributed by atoms with E-state index in [1.165, 1.54) is 0 Å². The topological polar surface area (TPSA) is 33.1 Å². The Hall–Kier alpha value is -0.900. The van der Waals surface area contributed by atoms with Crippen LogP contribution in [0.4, 0.5) is 0 Å². The summed E-state index contributed by atoms with van der Waals surface area (Å²) in [7, 11) is 0. The summed E-state index contributed by atoms with van der Waals surface area (Å²) in [5, 5.41) is 10.8. The number of aromatic nitrogens is 1. The Kier molecular flexibility index (Phi) is 4.97. The highest BCUT2D eigenvalue weighted by Crippen LogP contribution is 2.29. The van der Waals surface area contributed by atoms with Crippen LogP contribution in [0.15, 0.2) is 47.2 Å². The Bertz CT molecular complexity index is 542. The SMILES string of the molecule is C[C@H](O)[C@@H](Cc1ccc(Cl)cc1)c1cccnc1Br. The van der Waals surface area contributed by atoms with E-state index in [-0.39, 0.29) is 5.92 Å². The van der Waals surface area contributed by atoms with Gasteiger partial charge in [0, 0.05) is 17.1 Å². The fraction of sp³-hybridized carbons (Fsp3) is 0.267. The normalized spacial score (nSPS) is 14.1. The molecule has 4 heteroatoms. The lowest BCUT2D eigenvalue weighted by molar-refractivity contribution is 0.161. The van der Waals surface area contributed by atoms with E-state index in [0.717, 1.165) is 27.2 Å². The summed E-state index contributed by atoms with van der Waals surface area (Å²) >= 11 is 9.33. The third-order valence-corrected chi connectivity index (χ3v) is 4.05. The number of halogens is 2. The molecular weight excluding hydrogens is 326 g/mol. The standard InChI is InChI=1S/C15H15BrClNO/c1-10(19)14(13-3-2-8-18-15(13)16)9-11-4-6-12(17)7-5-11/h2-8,10,14,19H,9H2,1H3/t10-,14+/m0/s1. The molecule has 0 aliphatic carbocycles. The summed E-state index contributed by atoms with van der Waals surface area (Å²) in [6.07, 6.45) is 2.03. The molecule has 1 aromatic heterocycles. The molecular formula is C15H15BrClNO. The van der Waals surface area contributed by atoms with Crippen LogP contribution in [0.25, 0.3) is 0 Å². The number of nitrogens with zero attached hydrogens (tertiary/aromatic N) is 1. The van der Waals surface area contributed by atoms with Crippen molar-refractivity contribution in [2.45, 2.75) is 25.4 Å². The van der Waals surface area contributed by atoms with Gasteiger partial charge in [0.2, 0.25) is 0 Å². The molecule has 1 heterocycles. The van der Waals surface area contributed by atoms with E-state index in [9.17, 15) is 5.11 Å². The molecule has 0 bridgehead atoms. The van der Waals surface area contributed by atoms with Crippen LogP contribution < -0.4 is 0 Å². The van der Waals surface area contributed by atoms with Crippen molar-refractivity contribution in [2.24, 2.45) is 0 Å². The molecule has 1 N–H and O–H groups in total. The Morgan fingerprint density at radius 3 is 2.53 bits per heavy atom. The van der Waals surface area contributed by atoms with Gasteiger partial charge in [-0.1, -0.05) is 29.8 Å². The predicted octanol–water partition coefficient (Wildman–Crippen LogP) is 4.20. The second-order valence-electron chi connectivity index (χ2n) is 4.56. The third-order valence-electron chi connectivity index (χ3n) is 3.14. The minimum Gasteiger partial charge on any atom is -0.393 e. The molecule has 0 spiro atoms. The summed E-state index contributed by atoms with van der Waals surface area (Å²) < 4.78 is 0.787. The van der Waals surface area contributed by atoms with Crippen molar-refractivity contribution in [1.82, 2.24) is 4.98 Å². The molecule has 0 saturated heterocycles. The van der Waals surface area contributed by atoms with Crippen LogP contribution in [-0.4, -0.2) is 16.2 Å². The monoisotopic (exact) mass is 339 g/mol. The molecule has 100 valence electrons. The van der Waals surface area contributed by atoms with E-state index >= 15 is 0 Å². The van der Waals surface area contributed by atoms with Crippen LogP contribution in [0.5, 0.6) is 0 Å². The smallest absolute Gasteiger partial charge is 0.109 e. The van der Waals surface area contributed by atoms with Crippen molar-refractivity contribution in [3.63, 3.8) is 0 Å². The average molecular weight is 341 g/mol. The molecule has 0 radical (unpaired) electrons. The molecule has 1 aromatic carbocycles. The van der Waals surface area contributed by atoms with Crippen molar-refractivity contribution < 1.29 is 5.11 Å². The van der Waals surface area contributed by atoms with Crippen LogP contribution >= 0.6 is 27.5 Å². The first-order chi connectivity index (χ1) is 9.08. The van der Waals surface area contributed by atoms with Gasteiger partial charge in [-0.25, -0.2) is 4.98 Å². The first-order valence-corrected chi connectivity index (χ1v) is 7.28. The second kappa shape index (κ2) is 6.51. The number of benzene rings is 1. The number of pyridine rings is 1. The molecule has 0 unspecified atom stereocenters. The molecule has 0 amide bonds. The molecule has 0 fully saturated rings. The first kappa shape index (κ1) is 14.5. The van der Waals surface area contributed by atoms with E-state index in [2.05, 4.69) is 20.9 Å². The summed E-state index contributed by atoms with van der Waals surface area (Å²) in [5.74, 6) is 0.00394. The fourth-order valence-electron chi connectivity index (χ4n) is 2.09. The van der Waals surface area contributed by atoms with Gasteiger partial charge in [0.05, 0.1) is 6.10 Å². The highest BCUT2D eigenvalue weighted by Gasteiger charge is 2.20. The van der Waals surface area contributed by atoms with Crippen molar-refractivity contribution in [3.05, 3.63) is 63.3 Å². The Morgan fingerprint density at radius 1 is 1.26 bits per heavy atom. The summed E-state index contributed by atoms with van der Waals surface area (Å²) in [6.45, 7) is 1.81. The van der Waals surface area contributed by atoms with Crippen LogP contribution in [0.1, 0.15) is 24.0 Å². The number of aliphatic hydroxyl groups excluding tert-OH is 1. The van der Waals surface area contributed by atoms with Crippen LogP contribution in [0, 0.1) is 0 Å². The summed E-state index contributed by atoms with van der Waals surface area (Å²) in [4.78, 5) is 4.22. The lowest BCUT2D eigenvalue weighted by Crippen LogP contribution is -2.18.